The zero-order valence-electron chi connectivity index (χ0n) is 13.6. The predicted octanol–water partition coefficient (Wildman–Crippen LogP) is 1.94. The molecule has 2 aliphatic rings. The van der Waals surface area contributed by atoms with E-state index in [1.807, 2.05) is 7.05 Å². The Morgan fingerprint density at radius 3 is 2.86 bits per heavy atom. The van der Waals surface area contributed by atoms with Gasteiger partial charge in [0.05, 0.1) is 0 Å². The highest BCUT2D eigenvalue weighted by atomic mass is 16.5. The van der Waals surface area contributed by atoms with Crippen molar-refractivity contribution in [2.45, 2.75) is 19.3 Å². The van der Waals surface area contributed by atoms with Gasteiger partial charge >= 0.3 is 0 Å². The van der Waals surface area contributed by atoms with E-state index >= 15 is 0 Å². The normalized spacial score (nSPS) is 20.8. The van der Waals surface area contributed by atoms with Crippen molar-refractivity contribution in [3.8, 4) is 5.75 Å². The SMILES string of the molecule is CNCCc1cccc(OCCN2CC3(CCOCC3)C2)c1. The molecule has 0 saturated carbocycles. The van der Waals surface area contributed by atoms with Crippen molar-refractivity contribution in [1.29, 1.82) is 0 Å². The lowest BCUT2D eigenvalue weighted by atomic mass is 9.73. The zero-order valence-corrected chi connectivity index (χ0v) is 13.6. The van der Waals surface area contributed by atoms with Gasteiger partial charge in [0.15, 0.2) is 0 Å². The summed E-state index contributed by atoms with van der Waals surface area (Å²) in [6.07, 6.45) is 3.51. The van der Waals surface area contributed by atoms with E-state index in [1.54, 1.807) is 0 Å². The first kappa shape index (κ1) is 15.8. The summed E-state index contributed by atoms with van der Waals surface area (Å²) >= 11 is 0. The van der Waals surface area contributed by atoms with Gasteiger partial charge in [-0.05, 0) is 50.6 Å². The molecule has 0 bridgehead atoms. The molecule has 0 aromatic heterocycles. The molecule has 1 aromatic carbocycles. The van der Waals surface area contributed by atoms with Crippen molar-refractivity contribution < 1.29 is 9.47 Å². The van der Waals surface area contributed by atoms with Crippen LogP contribution < -0.4 is 10.1 Å². The molecule has 2 saturated heterocycles. The van der Waals surface area contributed by atoms with Crippen LogP contribution in [-0.4, -0.2) is 57.9 Å². The molecule has 2 heterocycles. The van der Waals surface area contributed by atoms with Crippen LogP contribution in [0.25, 0.3) is 0 Å². The predicted molar refractivity (Wildman–Crippen MR) is 88.5 cm³/mol. The fourth-order valence-electron chi connectivity index (χ4n) is 3.53. The topological polar surface area (TPSA) is 33.7 Å². The van der Waals surface area contributed by atoms with E-state index in [4.69, 9.17) is 9.47 Å². The molecule has 2 aliphatic heterocycles. The Morgan fingerprint density at radius 1 is 1.27 bits per heavy atom. The van der Waals surface area contributed by atoms with Gasteiger partial charge in [-0.15, -0.1) is 0 Å². The molecule has 3 rings (SSSR count). The van der Waals surface area contributed by atoms with Crippen molar-refractivity contribution in [2.24, 2.45) is 5.41 Å². The van der Waals surface area contributed by atoms with Gasteiger partial charge in [-0.2, -0.15) is 0 Å². The Bertz CT molecular complexity index is 464. The highest BCUT2D eigenvalue weighted by molar-refractivity contribution is 5.28. The molecule has 122 valence electrons. The summed E-state index contributed by atoms with van der Waals surface area (Å²) in [4.78, 5) is 2.51. The summed E-state index contributed by atoms with van der Waals surface area (Å²) in [7, 11) is 1.98. The minimum atomic E-state index is 0.561. The van der Waals surface area contributed by atoms with Crippen molar-refractivity contribution in [3.63, 3.8) is 0 Å². The summed E-state index contributed by atoms with van der Waals surface area (Å²) in [5, 5.41) is 3.18. The number of hydrogen-bond acceptors (Lipinski definition) is 4. The molecule has 0 radical (unpaired) electrons. The third-order valence-corrected chi connectivity index (χ3v) is 4.91. The van der Waals surface area contributed by atoms with Crippen LogP contribution in [0.2, 0.25) is 0 Å². The molecule has 0 amide bonds. The van der Waals surface area contributed by atoms with Crippen molar-refractivity contribution in [3.05, 3.63) is 29.8 Å². The molecule has 0 atom stereocenters. The molecular formula is C18H28N2O2. The van der Waals surface area contributed by atoms with Crippen LogP contribution in [0.15, 0.2) is 24.3 Å². The third-order valence-electron chi connectivity index (χ3n) is 4.91. The number of rotatable bonds is 7. The first-order valence-corrected chi connectivity index (χ1v) is 8.46. The van der Waals surface area contributed by atoms with E-state index in [0.717, 1.165) is 45.1 Å². The van der Waals surface area contributed by atoms with Crippen molar-refractivity contribution in [1.82, 2.24) is 10.2 Å². The number of likely N-dealkylation sites (N-methyl/N-ethyl adjacent to an activating group) is 1. The largest absolute Gasteiger partial charge is 0.492 e. The Morgan fingerprint density at radius 2 is 2.09 bits per heavy atom. The van der Waals surface area contributed by atoms with E-state index in [1.165, 1.54) is 31.5 Å². The number of ether oxygens (including phenoxy) is 2. The summed E-state index contributed by atoms with van der Waals surface area (Å²) in [5.41, 5.74) is 1.89. The highest BCUT2D eigenvalue weighted by Gasteiger charge is 2.43. The van der Waals surface area contributed by atoms with Gasteiger partial charge in [0.2, 0.25) is 0 Å². The summed E-state index contributed by atoms with van der Waals surface area (Å²) in [5.74, 6) is 0.995. The molecule has 0 unspecified atom stereocenters. The van der Waals surface area contributed by atoms with Crippen LogP contribution in [-0.2, 0) is 11.2 Å². The van der Waals surface area contributed by atoms with Crippen LogP contribution in [0.3, 0.4) is 0 Å². The molecule has 2 fully saturated rings. The second kappa shape index (κ2) is 7.44. The van der Waals surface area contributed by atoms with Gasteiger partial charge < -0.3 is 14.8 Å². The van der Waals surface area contributed by atoms with E-state index in [0.29, 0.717) is 5.41 Å². The third kappa shape index (κ3) is 4.00. The Hall–Kier alpha value is -1.10. The molecule has 1 spiro atoms. The average Bonchev–Trinajstić information content (AvgIpc) is 2.53. The maximum Gasteiger partial charge on any atom is 0.119 e. The first-order chi connectivity index (χ1) is 10.8. The lowest BCUT2D eigenvalue weighted by molar-refractivity contribution is -0.0829. The van der Waals surface area contributed by atoms with Gasteiger partial charge in [-0.25, -0.2) is 0 Å². The summed E-state index contributed by atoms with van der Waals surface area (Å²) in [6.45, 7) is 7.16. The second-order valence-corrected chi connectivity index (χ2v) is 6.67. The number of benzene rings is 1. The number of nitrogens with one attached hydrogen (secondary N) is 1. The van der Waals surface area contributed by atoms with E-state index < -0.39 is 0 Å². The number of hydrogen-bond donors (Lipinski definition) is 1. The second-order valence-electron chi connectivity index (χ2n) is 6.67. The van der Waals surface area contributed by atoms with Crippen LogP contribution >= 0.6 is 0 Å². The number of nitrogens with zero attached hydrogens (tertiary/aromatic N) is 1. The average molecular weight is 304 g/mol. The van der Waals surface area contributed by atoms with Crippen LogP contribution in [0.5, 0.6) is 5.75 Å². The van der Waals surface area contributed by atoms with Gasteiger partial charge in [0.1, 0.15) is 12.4 Å². The minimum Gasteiger partial charge on any atom is -0.492 e. The maximum absolute atomic E-state index is 5.92. The summed E-state index contributed by atoms with van der Waals surface area (Å²) in [6, 6.07) is 8.46. The Balaban J connectivity index is 1.37. The van der Waals surface area contributed by atoms with E-state index in [-0.39, 0.29) is 0 Å². The van der Waals surface area contributed by atoms with Crippen molar-refractivity contribution >= 4 is 0 Å². The maximum atomic E-state index is 5.92. The lowest BCUT2D eigenvalue weighted by Crippen LogP contribution is -2.59. The monoisotopic (exact) mass is 304 g/mol. The fraction of sp³-hybridized carbons (Fsp3) is 0.667. The standard InChI is InChI=1S/C18H28N2O2/c1-19-8-5-16-3-2-4-17(13-16)22-12-9-20-14-18(15-20)6-10-21-11-7-18/h2-4,13,19H,5-12,14-15H2,1H3. The lowest BCUT2D eigenvalue weighted by Gasteiger charge is -2.52. The van der Waals surface area contributed by atoms with Gasteiger partial charge in [0.25, 0.3) is 0 Å². The zero-order chi connectivity index (χ0) is 15.3. The van der Waals surface area contributed by atoms with Gasteiger partial charge in [-0.3, -0.25) is 4.90 Å². The highest BCUT2D eigenvalue weighted by Crippen LogP contribution is 2.39. The molecular weight excluding hydrogens is 276 g/mol. The van der Waals surface area contributed by atoms with E-state index in [9.17, 15) is 0 Å². The Kier molecular flexibility index (Phi) is 5.34. The van der Waals surface area contributed by atoms with Crippen LogP contribution in [0.4, 0.5) is 0 Å². The molecule has 22 heavy (non-hydrogen) atoms. The quantitative estimate of drug-likeness (QED) is 0.835. The van der Waals surface area contributed by atoms with E-state index in [2.05, 4.69) is 34.5 Å². The molecule has 1 N–H and O–H groups in total. The van der Waals surface area contributed by atoms with Crippen LogP contribution in [0.1, 0.15) is 18.4 Å². The smallest absolute Gasteiger partial charge is 0.119 e. The molecule has 4 heteroatoms. The van der Waals surface area contributed by atoms with Crippen molar-refractivity contribution in [2.75, 3.05) is 53.0 Å². The fourth-order valence-corrected chi connectivity index (χ4v) is 3.53. The first-order valence-electron chi connectivity index (χ1n) is 8.46. The summed E-state index contributed by atoms with van der Waals surface area (Å²) < 4.78 is 11.4. The Labute approximate surface area is 133 Å². The number of likely N-dealkylation sites (tertiary alicyclic amines) is 1. The van der Waals surface area contributed by atoms with Crippen LogP contribution in [0, 0.1) is 5.41 Å². The molecule has 1 aromatic rings. The minimum absolute atomic E-state index is 0.561. The van der Waals surface area contributed by atoms with Gasteiger partial charge in [0, 0.05) is 38.3 Å². The van der Waals surface area contributed by atoms with Gasteiger partial charge in [-0.1, -0.05) is 12.1 Å². The molecule has 4 nitrogen and oxygen atoms in total. The molecule has 0 aliphatic carbocycles.